The number of hydrogen-bond donors (Lipinski definition) is 1. The third kappa shape index (κ3) is 5.93. The first-order valence-electron chi connectivity index (χ1n) is 11.8. The van der Waals surface area contributed by atoms with Crippen molar-refractivity contribution in [2.75, 3.05) is 11.9 Å². The zero-order valence-electron chi connectivity index (χ0n) is 19.7. The molecule has 2 aromatic carbocycles. The van der Waals surface area contributed by atoms with Gasteiger partial charge in [-0.2, -0.15) is 0 Å². The number of aromatic nitrogens is 2. The molecule has 2 amide bonds. The van der Waals surface area contributed by atoms with Crippen LogP contribution in [0.15, 0.2) is 53.3 Å². The molecule has 0 aliphatic rings. The van der Waals surface area contributed by atoms with Crippen molar-refractivity contribution in [3.8, 4) is 0 Å². The largest absolute Gasteiger partial charge is 0.322 e. The Kier molecular flexibility index (Phi) is 8.89. The second-order valence-electron chi connectivity index (χ2n) is 8.16. The normalized spacial score (nSPS) is 12.0. The number of urea groups is 1. The standard InChI is InChI=1S/C26H33ClN4O2/c1-4-7-8-11-17-31(26(33)28-20-14-12-13-19(27)18-20)23(5-2)24-29-22-16-10-9-15-21(22)25(32)30(24)6-3/h9-10,12-16,18,23H,4-8,11,17H2,1-3H3,(H,28,33). The number of rotatable bonds is 10. The maximum atomic E-state index is 13.5. The average Bonchev–Trinajstić information content (AvgIpc) is 2.81. The maximum absolute atomic E-state index is 13.5. The van der Waals surface area contributed by atoms with Gasteiger partial charge in [0.1, 0.15) is 5.82 Å². The number of carbonyl (C=O) groups is 1. The van der Waals surface area contributed by atoms with Crippen molar-refractivity contribution in [1.29, 1.82) is 0 Å². The van der Waals surface area contributed by atoms with E-state index < -0.39 is 0 Å². The molecule has 0 aliphatic heterocycles. The smallest absolute Gasteiger partial charge is 0.314 e. The molecular formula is C26H33ClN4O2. The Bertz CT molecular complexity index is 1140. The van der Waals surface area contributed by atoms with Crippen molar-refractivity contribution >= 4 is 34.2 Å². The van der Waals surface area contributed by atoms with Gasteiger partial charge in [0.2, 0.25) is 0 Å². The van der Waals surface area contributed by atoms with E-state index >= 15 is 0 Å². The Morgan fingerprint density at radius 1 is 1.09 bits per heavy atom. The highest BCUT2D eigenvalue weighted by molar-refractivity contribution is 6.30. The van der Waals surface area contributed by atoms with Crippen LogP contribution < -0.4 is 10.9 Å². The average molecular weight is 469 g/mol. The molecule has 7 heteroatoms. The fourth-order valence-electron chi connectivity index (χ4n) is 4.16. The van der Waals surface area contributed by atoms with E-state index in [0.717, 1.165) is 25.7 Å². The number of hydrogen-bond acceptors (Lipinski definition) is 3. The van der Waals surface area contributed by atoms with E-state index in [9.17, 15) is 9.59 Å². The number of halogens is 1. The summed E-state index contributed by atoms with van der Waals surface area (Å²) < 4.78 is 1.70. The van der Waals surface area contributed by atoms with Gasteiger partial charge in [-0.15, -0.1) is 0 Å². The van der Waals surface area contributed by atoms with Crippen LogP contribution in [-0.4, -0.2) is 27.0 Å². The molecule has 176 valence electrons. The molecule has 33 heavy (non-hydrogen) atoms. The molecule has 1 N–H and O–H groups in total. The van der Waals surface area contributed by atoms with Crippen LogP contribution in [0.5, 0.6) is 0 Å². The summed E-state index contributed by atoms with van der Waals surface area (Å²) in [5.41, 5.74) is 1.22. The second kappa shape index (κ2) is 11.8. The molecule has 1 unspecified atom stereocenters. The van der Waals surface area contributed by atoms with Crippen LogP contribution in [0.1, 0.15) is 64.7 Å². The summed E-state index contributed by atoms with van der Waals surface area (Å²) in [6.07, 6.45) is 4.81. The Hall–Kier alpha value is -2.86. The molecule has 1 heterocycles. The lowest BCUT2D eigenvalue weighted by atomic mass is 10.1. The van der Waals surface area contributed by atoms with Crippen LogP contribution in [0.4, 0.5) is 10.5 Å². The SMILES string of the molecule is CCCCCCN(C(=O)Nc1cccc(Cl)c1)C(CC)c1nc2ccccc2c(=O)n1CC. The van der Waals surface area contributed by atoms with E-state index in [2.05, 4.69) is 12.2 Å². The van der Waals surface area contributed by atoms with E-state index in [-0.39, 0.29) is 17.6 Å². The number of anilines is 1. The van der Waals surface area contributed by atoms with Crippen molar-refractivity contribution in [3.05, 3.63) is 69.7 Å². The molecule has 1 aromatic heterocycles. The van der Waals surface area contributed by atoms with E-state index in [1.165, 1.54) is 0 Å². The van der Waals surface area contributed by atoms with Crippen LogP contribution in [0.2, 0.25) is 5.02 Å². The number of unbranched alkanes of at least 4 members (excludes halogenated alkanes) is 3. The van der Waals surface area contributed by atoms with Crippen LogP contribution in [0, 0.1) is 0 Å². The Morgan fingerprint density at radius 2 is 1.88 bits per heavy atom. The Morgan fingerprint density at radius 3 is 2.58 bits per heavy atom. The zero-order valence-corrected chi connectivity index (χ0v) is 20.4. The lowest BCUT2D eigenvalue weighted by molar-refractivity contribution is 0.178. The predicted molar refractivity (Wildman–Crippen MR) is 136 cm³/mol. The third-order valence-electron chi connectivity index (χ3n) is 5.86. The van der Waals surface area contributed by atoms with Gasteiger partial charge in [-0.3, -0.25) is 9.36 Å². The Labute approximate surface area is 200 Å². The van der Waals surface area contributed by atoms with Gasteiger partial charge in [0.25, 0.3) is 5.56 Å². The fraction of sp³-hybridized carbons (Fsp3) is 0.423. The Balaban J connectivity index is 2.01. The summed E-state index contributed by atoms with van der Waals surface area (Å²) in [4.78, 5) is 33.4. The lowest BCUT2D eigenvalue weighted by Gasteiger charge is -2.32. The van der Waals surface area contributed by atoms with Gasteiger partial charge in [0.15, 0.2) is 0 Å². The number of para-hydroxylation sites is 1. The summed E-state index contributed by atoms with van der Waals surface area (Å²) in [5, 5.41) is 4.14. The number of fused-ring (bicyclic) bond motifs is 1. The number of nitrogens with zero attached hydrogens (tertiary/aromatic N) is 3. The van der Waals surface area contributed by atoms with Gasteiger partial charge in [0, 0.05) is 23.8 Å². The van der Waals surface area contributed by atoms with Crippen molar-refractivity contribution < 1.29 is 4.79 Å². The summed E-state index contributed by atoms with van der Waals surface area (Å²) in [6, 6.07) is 14.0. The molecular weight excluding hydrogens is 436 g/mol. The van der Waals surface area contributed by atoms with Gasteiger partial charge in [-0.25, -0.2) is 9.78 Å². The van der Waals surface area contributed by atoms with Gasteiger partial charge < -0.3 is 10.2 Å². The molecule has 0 saturated carbocycles. The minimum absolute atomic E-state index is 0.0715. The molecule has 0 radical (unpaired) electrons. The van der Waals surface area contributed by atoms with Crippen LogP contribution in [0.3, 0.4) is 0 Å². The molecule has 3 aromatic rings. The number of benzene rings is 2. The van der Waals surface area contributed by atoms with Crippen LogP contribution >= 0.6 is 11.6 Å². The summed E-state index contributed by atoms with van der Waals surface area (Å²) in [6.45, 7) is 7.19. The van der Waals surface area contributed by atoms with Gasteiger partial charge >= 0.3 is 6.03 Å². The van der Waals surface area contributed by atoms with Crippen LogP contribution in [0.25, 0.3) is 10.9 Å². The van der Waals surface area contributed by atoms with E-state index in [1.54, 1.807) is 28.8 Å². The third-order valence-corrected chi connectivity index (χ3v) is 6.09. The van der Waals surface area contributed by atoms with Crippen molar-refractivity contribution in [2.24, 2.45) is 0 Å². The van der Waals surface area contributed by atoms with Crippen LogP contribution in [-0.2, 0) is 6.54 Å². The molecule has 0 fully saturated rings. The van der Waals surface area contributed by atoms with Gasteiger partial charge in [-0.1, -0.05) is 62.9 Å². The van der Waals surface area contributed by atoms with Crippen molar-refractivity contribution in [1.82, 2.24) is 14.5 Å². The van der Waals surface area contributed by atoms with Crippen molar-refractivity contribution in [3.63, 3.8) is 0 Å². The molecule has 0 saturated heterocycles. The zero-order chi connectivity index (χ0) is 23.8. The quantitative estimate of drug-likeness (QED) is 0.339. The highest BCUT2D eigenvalue weighted by Gasteiger charge is 2.28. The molecule has 3 rings (SSSR count). The van der Waals surface area contributed by atoms with E-state index in [1.807, 2.05) is 43.0 Å². The summed E-state index contributed by atoms with van der Waals surface area (Å²) in [7, 11) is 0. The minimum Gasteiger partial charge on any atom is -0.314 e. The fourth-order valence-corrected chi connectivity index (χ4v) is 4.35. The number of amides is 2. The highest BCUT2D eigenvalue weighted by Crippen LogP contribution is 2.26. The first-order chi connectivity index (χ1) is 16.0. The lowest BCUT2D eigenvalue weighted by Crippen LogP contribution is -2.41. The topological polar surface area (TPSA) is 67.2 Å². The first-order valence-corrected chi connectivity index (χ1v) is 12.2. The monoisotopic (exact) mass is 468 g/mol. The molecule has 0 aliphatic carbocycles. The summed E-state index contributed by atoms with van der Waals surface area (Å²) >= 11 is 6.11. The predicted octanol–water partition coefficient (Wildman–Crippen LogP) is 6.64. The summed E-state index contributed by atoms with van der Waals surface area (Å²) in [5.74, 6) is 0.625. The first kappa shape index (κ1) is 24.8. The maximum Gasteiger partial charge on any atom is 0.322 e. The van der Waals surface area contributed by atoms with E-state index in [4.69, 9.17) is 16.6 Å². The molecule has 0 spiro atoms. The van der Waals surface area contributed by atoms with Crippen molar-refractivity contribution in [2.45, 2.75) is 65.5 Å². The minimum atomic E-state index is -0.330. The number of carbonyl (C=O) groups excluding carboxylic acids is 1. The molecule has 1 atom stereocenters. The van der Waals surface area contributed by atoms with Gasteiger partial charge in [0.05, 0.1) is 16.9 Å². The highest BCUT2D eigenvalue weighted by atomic mass is 35.5. The van der Waals surface area contributed by atoms with Gasteiger partial charge in [-0.05, 0) is 50.1 Å². The number of nitrogens with one attached hydrogen (secondary N) is 1. The molecule has 0 bridgehead atoms. The second-order valence-corrected chi connectivity index (χ2v) is 8.59. The molecule has 6 nitrogen and oxygen atoms in total. The van der Waals surface area contributed by atoms with E-state index in [0.29, 0.717) is 46.9 Å².